The highest BCUT2D eigenvalue weighted by atomic mass is 16.6. The van der Waals surface area contributed by atoms with E-state index in [4.69, 9.17) is 9.47 Å². The fourth-order valence-electron chi connectivity index (χ4n) is 7.36. The number of rotatable bonds is 5. The average molecular weight is 501 g/mol. The van der Waals surface area contributed by atoms with Gasteiger partial charge in [-0.15, -0.1) is 0 Å². The van der Waals surface area contributed by atoms with Crippen LogP contribution in [0, 0.1) is 11.8 Å². The molecule has 4 aliphatic heterocycles. The van der Waals surface area contributed by atoms with Gasteiger partial charge in [0.15, 0.2) is 0 Å². The van der Waals surface area contributed by atoms with E-state index in [0.717, 1.165) is 32.1 Å². The molecule has 0 aromatic carbocycles. The fraction of sp³-hybridized carbons (Fsp3) is 0.750. The molecule has 1 unspecified atom stereocenters. The van der Waals surface area contributed by atoms with Crippen LogP contribution in [0.1, 0.15) is 71.6 Å². The molecule has 1 N–H and O–H groups in total. The highest BCUT2D eigenvalue weighted by Crippen LogP contribution is 2.58. The molecule has 0 radical (unpaired) electrons. The molecule has 8 heteroatoms. The second-order valence-electron chi connectivity index (χ2n) is 11.0. The number of aliphatic hydroxyl groups is 1. The van der Waals surface area contributed by atoms with E-state index in [1.807, 2.05) is 43.1 Å². The van der Waals surface area contributed by atoms with Gasteiger partial charge in [0.2, 0.25) is 11.8 Å². The van der Waals surface area contributed by atoms with Crippen LogP contribution in [0.15, 0.2) is 24.3 Å². The van der Waals surface area contributed by atoms with Gasteiger partial charge in [-0.25, -0.2) is 0 Å². The third-order valence-electron chi connectivity index (χ3n) is 9.19. The second kappa shape index (κ2) is 9.93. The van der Waals surface area contributed by atoms with Crippen LogP contribution in [0.3, 0.4) is 0 Å². The zero-order chi connectivity index (χ0) is 25.5. The first-order valence-electron chi connectivity index (χ1n) is 13.9. The number of allylic oxidation sites excluding steroid dienone is 1. The number of carbonyl (C=O) groups is 3. The van der Waals surface area contributed by atoms with Crippen molar-refractivity contribution in [2.75, 3.05) is 19.8 Å². The lowest BCUT2D eigenvalue weighted by Crippen LogP contribution is -2.60. The summed E-state index contributed by atoms with van der Waals surface area (Å²) in [5, 5.41) is 10.2. The average Bonchev–Trinajstić information content (AvgIpc) is 3.27. The third-order valence-corrected chi connectivity index (χ3v) is 9.19. The Morgan fingerprint density at radius 2 is 1.81 bits per heavy atom. The summed E-state index contributed by atoms with van der Waals surface area (Å²) in [6, 6.07) is -1.33. The lowest BCUT2D eigenvalue weighted by atomic mass is 9.73. The molecule has 6 atom stereocenters. The molecule has 0 aromatic heterocycles. The van der Waals surface area contributed by atoms with E-state index in [1.54, 1.807) is 4.90 Å². The van der Waals surface area contributed by atoms with Gasteiger partial charge in [0.1, 0.15) is 23.2 Å². The van der Waals surface area contributed by atoms with Gasteiger partial charge in [0.25, 0.3) is 0 Å². The summed E-state index contributed by atoms with van der Waals surface area (Å²) >= 11 is 0. The minimum atomic E-state index is -1.29. The van der Waals surface area contributed by atoms with E-state index in [-0.39, 0.29) is 24.5 Å². The van der Waals surface area contributed by atoms with Crippen LogP contribution in [0.5, 0.6) is 0 Å². The quantitative estimate of drug-likeness (QED) is 0.461. The number of aliphatic hydroxyl groups excluding tert-OH is 1. The van der Waals surface area contributed by atoms with Crippen molar-refractivity contribution in [2.45, 2.75) is 101 Å². The van der Waals surface area contributed by atoms with Crippen LogP contribution in [-0.4, -0.2) is 81.8 Å². The Balaban J connectivity index is 1.66. The number of ether oxygens (including phenoxy) is 2. The van der Waals surface area contributed by atoms with Gasteiger partial charge in [-0.05, 0) is 38.5 Å². The van der Waals surface area contributed by atoms with E-state index in [1.165, 1.54) is 6.42 Å². The zero-order valence-corrected chi connectivity index (χ0v) is 21.6. The summed E-state index contributed by atoms with van der Waals surface area (Å²) < 4.78 is 12.6. The third kappa shape index (κ3) is 3.74. The minimum absolute atomic E-state index is 0.125. The van der Waals surface area contributed by atoms with Crippen molar-refractivity contribution in [3.63, 3.8) is 0 Å². The van der Waals surface area contributed by atoms with E-state index >= 15 is 0 Å². The normalized spacial score (nSPS) is 38.9. The molecule has 0 bridgehead atoms. The van der Waals surface area contributed by atoms with Crippen LogP contribution < -0.4 is 0 Å². The smallest absolute Gasteiger partial charge is 0.313 e. The molecule has 5 aliphatic rings. The Morgan fingerprint density at radius 1 is 1.03 bits per heavy atom. The molecule has 1 spiro atoms. The predicted molar refractivity (Wildman–Crippen MR) is 133 cm³/mol. The molecule has 36 heavy (non-hydrogen) atoms. The Hall–Kier alpha value is -2.19. The van der Waals surface area contributed by atoms with E-state index in [9.17, 15) is 19.5 Å². The number of cyclic esters (lactones) is 1. The molecule has 8 nitrogen and oxygen atoms in total. The maximum atomic E-state index is 14.4. The van der Waals surface area contributed by atoms with Gasteiger partial charge in [0.05, 0.1) is 25.2 Å². The van der Waals surface area contributed by atoms with Gasteiger partial charge < -0.3 is 24.4 Å². The number of carbonyl (C=O) groups excluding carboxylic acids is 3. The van der Waals surface area contributed by atoms with Crippen LogP contribution in [0.2, 0.25) is 0 Å². The van der Waals surface area contributed by atoms with Crippen molar-refractivity contribution in [3.05, 3.63) is 24.3 Å². The topological polar surface area (TPSA) is 96.4 Å². The number of hydrogen-bond donors (Lipinski definition) is 1. The minimum Gasteiger partial charge on any atom is -0.465 e. The van der Waals surface area contributed by atoms with E-state index < -0.39 is 41.1 Å². The van der Waals surface area contributed by atoms with Crippen LogP contribution >= 0.6 is 0 Å². The highest BCUT2D eigenvalue weighted by molar-refractivity contribution is 5.99. The molecule has 0 aromatic rings. The Morgan fingerprint density at radius 3 is 2.50 bits per heavy atom. The van der Waals surface area contributed by atoms with Gasteiger partial charge in [0, 0.05) is 12.6 Å². The van der Waals surface area contributed by atoms with Gasteiger partial charge in [-0.2, -0.15) is 0 Å². The lowest BCUT2D eigenvalue weighted by Gasteiger charge is -2.42. The van der Waals surface area contributed by atoms with Gasteiger partial charge in [-0.1, -0.05) is 57.4 Å². The molecule has 2 amide bonds. The van der Waals surface area contributed by atoms with Crippen molar-refractivity contribution >= 4 is 17.8 Å². The summed E-state index contributed by atoms with van der Waals surface area (Å²) in [6.07, 6.45) is 15.5. The summed E-state index contributed by atoms with van der Waals surface area (Å²) in [5.41, 5.74) is -2.32. The van der Waals surface area contributed by atoms with Crippen molar-refractivity contribution in [3.8, 4) is 0 Å². The molecule has 2 saturated heterocycles. The van der Waals surface area contributed by atoms with Crippen LogP contribution in [0.4, 0.5) is 0 Å². The van der Waals surface area contributed by atoms with Crippen molar-refractivity contribution in [1.82, 2.24) is 9.80 Å². The van der Waals surface area contributed by atoms with Crippen LogP contribution in [-0.2, 0) is 23.9 Å². The zero-order valence-electron chi connectivity index (χ0n) is 21.6. The highest BCUT2D eigenvalue weighted by Gasteiger charge is 2.75. The number of fused-ring (bicyclic) bond motifs is 2. The number of likely N-dealkylation sites (tertiary alicyclic amines) is 1. The molecule has 5 rings (SSSR count). The SMILES string of the molecule is CC[C@@H](CO)N1C(=O)[C@@H]2[C@@H]3C(=O)OCCC/C=C\[C@]3(CC)O[C@@]23C=CCN(C2CCCCC2)C(=O)C13. The first-order chi connectivity index (χ1) is 17.4. The Labute approximate surface area is 213 Å². The van der Waals surface area contributed by atoms with E-state index in [2.05, 4.69) is 0 Å². The maximum Gasteiger partial charge on any atom is 0.313 e. The standard InChI is InChI=1S/C28H40N2O6/c1-3-19(18-31)30-23-25(33)29(20-12-7-5-8-13-20)16-11-15-28(23)21(24(30)32)22-26(34)35-17-10-6-9-14-27(22,4-2)36-28/h9,11,14-15,19-23,31H,3-8,10,12-13,16-18H2,1-2H3/b14-9-/t19-,21-,22+,23?,27-,28-/m0/s1. The molecule has 1 aliphatic carbocycles. The van der Waals surface area contributed by atoms with Crippen LogP contribution in [0.25, 0.3) is 0 Å². The molecule has 198 valence electrons. The summed E-state index contributed by atoms with van der Waals surface area (Å²) in [5.74, 6) is -2.61. The molecule has 1 saturated carbocycles. The summed E-state index contributed by atoms with van der Waals surface area (Å²) in [6.45, 7) is 4.35. The Bertz CT molecular complexity index is 938. The monoisotopic (exact) mass is 500 g/mol. The number of amides is 2. The van der Waals surface area contributed by atoms with Gasteiger partial charge in [-0.3, -0.25) is 14.4 Å². The van der Waals surface area contributed by atoms with Crippen molar-refractivity contribution in [1.29, 1.82) is 0 Å². The number of hydrogen-bond acceptors (Lipinski definition) is 6. The van der Waals surface area contributed by atoms with E-state index in [0.29, 0.717) is 32.4 Å². The largest absolute Gasteiger partial charge is 0.465 e. The molecular formula is C28H40N2O6. The Kier molecular flexibility index (Phi) is 7.03. The second-order valence-corrected chi connectivity index (χ2v) is 11.0. The van der Waals surface area contributed by atoms with Gasteiger partial charge >= 0.3 is 5.97 Å². The summed E-state index contributed by atoms with van der Waals surface area (Å²) in [4.78, 5) is 45.7. The number of nitrogens with zero attached hydrogens (tertiary/aromatic N) is 2. The first-order valence-corrected chi connectivity index (χ1v) is 13.9. The van der Waals surface area contributed by atoms with Crippen molar-refractivity contribution < 1.29 is 29.0 Å². The summed E-state index contributed by atoms with van der Waals surface area (Å²) in [7, 11) is 0. The molecular weight excluding hydrogens is 460 g/mol. The molecule has 4 heterocycles. The first kappa shape index (κ1) is 25.5. The molecule has 3 fully saturated rings. The predicted octanol–water partition coefficient (Wildman–Crippen LogP) is 2.74. The number of esters is 1. The lowest BCUT2D eigenvalue weighted by molar-refractivity contribution is -0.163. The maximum absolute atomic E-state index is 14.4. The van der Waals surface area contributed by atoms with Crippen molar-refractivity contribution in [2.24, 2.45) is 11.8 Å². The fourth-order valence-corrected chi connectivity index (χ4v) is 7.36.